The standard InChI is InChI=1S/C13H27N3O6.2CH4/c1-15-2-4-19-6-8-21-9-7-20-5-3-16-13(18)11-22-10-12(14)17;;/h15H,2-11H2,1H3,(H2,14,17)(H,16,18);2*1H4. The summed E-state index contributed by atoms with van der Waals surface area (Å²) in [4.78, 5) is 21.6. The Morgan fingerprint density at radius 1 is 0.792 bits per heavy atom. The van der Waals surface area contributed by atoms with Crippen LogP contribution >= 0.6 is 0 Å². The minimum atomic E-state index is -0.608. The zero-order valence-corrected chi connectivity index (χ0v) is 13.1. The van der Waals surface area contributed by atoms with E-state index in [0.717, 1.165) is 6.54 Å². The molecule has 0 aliphatic carbocycles. The van der Waals surface area contributed by atoms with Crippen molar-refractivity contribution in [2.24, 2.45) is 5.73 Å². The quantitative estimate of drug-likeness (QED) is 0.309. The predicted octanol–water partition coefficient (Wildman–Crippen LogP) is -0.854. The zero-order valence-electron chi connectivity index (χ0n) is 13.1. The number of likely N-dealkylation sites (N-methyl/N-ethyl adjacent to an activating group) is 1. The molecule has 0 aromatic heterocycles. The van der Waals surface area contributed by atoms with Crippen molar-refractivity contribution in [1.29, 1.82) is 0 Å². The Morgan fingerprint density at radius 2 is 1.29 bits per heavy atom. The van der Waals surface area contributed by atoms with Gasteiger partial charge in [-0.1, -0.05) is 14.9 Å². The highest BCUT2D eigenvalue weighted by Gasteiger charge is 2.01. The van der Waals surface area contributed by atoms with E-state index in [-0.39, 0.29) is 34.0 Å². The lowest BCUT2D eigenvalue weighted by atomic mass is 10.5. The molecule has 0 aliphatic rings. The van der Waals surface area contributed by atoms with Crippen molar-refractivity contribution in [3.05, 3.63) is 0 Å². The molecule has 0 rings (SSSR count). The summed E-state index contributed by atoms with van der Waals surface area (Å²) < 4.78 is 20.6. The Balaban J connectivity index is -0.00000220. The van der Waals surface area contributed by atoms with E-state index in [0.29, 0.717) is 46.2 Å². The molecule has 0 heterocycles. The molecule has 0 radical (unpaired) electrons. The largest absolute Gasteiger partial charge is 0.378 e. The molecular weight excluding hydrogens is 318 g/mol. The molecule has 0 spiro atoms. The minimum absolute atomic E-state index is 0. The zero-order chi connectivity index (χ0) is 16.5. The lowest BCUT2D eigenvalue weighted by Crippen LogP contribution is -2.32. The van der Waals surface area contributed by atoms with Gasteiger partial charge in [0.25, 0.3) is 0 Å². The first-order valence-electron chi connectivity index (χ1n) is 7.17. The summed E-state index contributed by atoms with van der Waals surface area (Å²) >= 11 is 0. The van der Waals surface area contributed by atoms with Crippen molar-refractivity contribution in [2.45, 2.75) is 14.9 Å². The third-order valence-corrected chi connectivity index (χ3v) is 2.29. The van der Waals surface area contributed by atoms with E-state index in [1.807, 2.05) is 7.05 Å². The van der Waals surface area contributed by atoms with Crippen LogP contribution in [-0.4, -0.2) is 84.8 Å². The Bertz CT molecular complexity index is 292. The Morgan fingerprint density at radius 3 is 1.79 bits per heavy atom. The van der Waals surface area contributed by atoms with Gasteiger partial charge in [-0.3, -0.25) is 9.59 Å². The summed E-state index contributed by atoms with van der Waals surface area (Å²) in [6.45, 7) is 3.79. The van der Waals surface area contributed by atoms with Crippen molar-refractivity contribution in [3.8, 4) is 0 Å². The molecule has 0 atom stereocenters. The van der Waals surface area contributed by atoms with Crippen LogP contribution in [-0.2, 0) is 28.5 Å². The number of amides is 2. The van der Waals surface area contributed by atoms with Gasteiger partial charge in [0.05, 0.1) is 39.6 Å². The average Bonchev–Trinajstić information content (AvgIpc) is 2.48. The van der Waals surface area contributed by atoms with Gasteiger partial charge in [-0.2, -0.15) is 0 Å². The number of ether oxygens (including phenoxy) is 4. The van der Waals surface area contributed by atoms with E-state index in [1.165, 1.54) is 0 Å². The highest BCUT2D eigenvalue weighted by molar-refractivity contribution is 5.78. The van der Waals surface area contributed by atoms with E-state index in [4.69, 9.17) is 24.7 Å². The second kappa shape index (κ2) is 21.7. The van der Waals surface area contributed by atoms with Gasteiger partial charge in [-0.15, -0.1) is 0 Å². The van der Waals surface area contributed by atoms with Gasteiger partial charge in [-0.05, 0) is 7.05 Å². The molecule has 0 bridgehead atoms. The van der Waals surface area contributed by atoms with E-state index in [9.17, 15) is 9.59 Å². The summed E-state index contributed by atoms with van der Waals surface area (Å²) in [5.74, 6) is -0.927. The van der Waals surface area contributed by atoms with E-state index < -0.39 is 5.91 Å². The minimum Gasteiger partial charge on any atom is -0.378 e. The number of rotatable bonds is 16. The second-order valence-electron chi connectivity index (χ2n) is 4.25. The number of nitrogens with two attached hydrogens (primary N) is 1. The smallest absolute Gasteiger partial charge is 0.246 e. The number of carbonyl (C=O) groups is 2. The van der Waals surface area contributed by atoms with Crippen LogP contribution in [0.1, 0.15) is 14.9 Å². The van der Waals surface area contributed by atoms with Crippen molar-refractivity contribution < 1.29 is 28.5 Å². The molecule has 9 heteroatoms. The van der Waals surface area contributed by atoms with Crippen LogP contribution in [0, 0.1) is 0 Å². The third kappa shape index (κ3) is 23.0. The van der Waals surface area contributed by atoms with Gasteiger partial charge in [0.1, 0.15) is 13.2 Å². The topological polar surface area (TPSA) is 121 Å². The number of hydrogen-bond acceptors (Lipinski definition) is 7. The van der Waals surface area contributed by atoms with Gasteiger partial charge in [0, 0.05) is 13.1 Å². The van der Waals surface area contributed by atoms with Crippen LogP contribution in [0.2, 0.25) is 0 Å². The van der Waals surface area contributed by atoms with Crippen LogP contribution in [0.25, 0.3) is 0 Å². The molecule has 0 unspecified atom stereocenters. The molecule has 146 valence electrons. The SMILES string of the molecule is C.C.CNCCOCCOCCOCCNC(=O)COCC(N)=O. The van der Waals surface area contributed by atoms with Gasteiger partial charge in [0.2, 0.25) is 11.8 Å². The monoisotopic (exact) mass is 353 g/mol. The van der Waals surface area contributed by atoms with Gasteiger partial charge >= 0.3 is 0 Å². The Hall–Kier alpha value is -1.26. The molecule has 4 N–H and O–H groups in total. The molecule has 0 aromatic carbocycles. The Labute approximate surface area is 145 Å². The first-order valence-corrected chi connectivity index (χ1v) is 7.17. The number of nitrogens with one attached hydrogen (secondary N) is 2. The molecule has 24 heavy (non-hydrogen) atoms. The van der Waals surface area contributed by atoms with Gasteiger partial charge in [-0.25, -0.2) is 0 Å². The Kier molecular flexibility index (Phi) is 25.0. The summed E-state index contributed by atoms with van der Waals surface area (Å²) in [7, 11) is 1.87. The van der Waals surface area contributed by atoms with E-state index in [2.05, 4.69) is 10.6 Å². The molecular formula is C15H35N3O6. The number of primary amides is 1. The van der Waals surface area contributed by atoms with Crippen LogP contribution in [0.4, 0.5) is 0 Å². The fraction of sp³-hybridized carbons (Fsp3) is 0.867. The maximum atomic E-state index is 11.2. The van der Waals surface area contributed by atoms with Crippen LogP contribution < -0.4 is 16.4 Å². The number of carbonyl (C=O) groups excluding carboxylic acids is 2. The highest BCUT2D eigenvalue weighted by atomic mass is 16.5. The maximum absolute atomic E-state index is 11.2. The van der Waals surface area contributed by atoms with Crippen molar-refractivity contribution in [2.75, 3.05) is 73.0 Å². The van der Waals surface area contributed by atoms with E-state index >= 15 is 0 Å². The highest BCUT2D eigenvalue weighted by Crippen LogP contribution is 1.81. The van der Waals surface area contributed by atoms with Gasteiger partial charge < -0.3 is 35.3 Å². The summed E-state index contributed by atoms with van der Waals surface area (Å²) in [6, 6.07) is 0. The van der Waals surface area contributed by atoms with Crippen LogP contribution in [0.5, 0.6) is 0 Å². The first-order chi connectivity index (χ1) is 10.7. The molecule has 0 aliphatic heterocycles. The van der Waals surface area contributed by atoms with Crippen molar-refractivity contribution in [3.63, 3.8) is 0 Å². The molecule has 0 fully saturated rings. The lowest BCUT2D eigenvalue weighted by Gasteiger charge is -2.08. The summed E-state index contributed by atoms with van der Waals surface area (Å²) in [6.07, 6.45) is 0. The lowest BCUT2D eigenvalue weighted by molar-refractivity contribution is -0.129. The summed E-state index contributed by atoms with van der Waals surface area (Å²) in [5, 5.41) is 5.56. The normalized spacial score (nSPS) is 9.71. The maximum Gasteiger partial charge on any atom is 0.246 e. The average molecular weight is 353 g/mol. The summed E-state index contributed by atoms with van der Waals surface area (Å²) in [5.41, 5.74) is 4.86. The van der Waals surface area contributed by atoms with Crippen molar-refractivity contribution in [1.82, 2.24) is 10.6 Å². The molecule has 0 saturated heterocycles. The molecule has 0 saturated carbocycles. The van der Waals surface area contributed by atoms with Crippen LogP contribution in [0.15, 0.2) is 0 Å². The molecule has 9 nitrogen and oxygen atoms in total. The predicted molar refractivity (Wildman–Crippen MR) is 92.9 cm³/mol. The van der Waals surface area contributed by atoms with Crippen LogP contribution in [0.3, 0.4) is 0 Å². The second-order valence-corrected chi connectivity index (χ2v) is 4.25. The van der Waals surface area contributed by atoms with E-state index in [1.54, 1.807) is 0 Å². The van der Waals surface area contributed by atoms with Gasteiger partial charge in [0.15, 0.2) is 0 Å². The molecule has 0 aromatic rings. The van der Waals surface area contributed by atoms with Crippen molar-refractivity contribution >= 4 is 11.8 Å². The first kappa shape index (κ1) is 27.6. The third-order valence-electron chi connectivity index (χ3n) is 2.29. The number of hydrogen-bond donors (Lipinski definition) is 3. The molecule has 2 amide bonds. The fourth-order valence-corrected chi connectivity index (χ4v) is 1.27. The fourth-order valence-electron chi connectivity index (χ4n) is 1.27.